The molecule has 3 heterocycles. The van der Waals surface area contributed by atoms with Crippen LogP contribution in [-0.4, -0.2) is 39.4 Å². The highest BCUT2D eigenvalue weighted by molar-refractivity contribution is 5.79. The maximum Gasteiger partial charge on any atom is 0.452 e. The van der Waals surface area contributed by atoms with Crippen LogP contribution in [0.5, 0.6) is 5.88 Å². The third kappa shape index (κ3) is 2.54. The predicted molar refractivity (Wildman–Crippen MR) is 77.7 cm³/mol. The van der Waals surface area contributed by atoms with Gasteiger partial charge in [-0.25, -0.2) is 4.98 Å². The van der Waals surface area contributed by atoms with Crippen molar-refractivity contribution in [1.82, 2.24) is 19.6 Å². The number of fused-ring (bicyclic) bond motifs is 3. The zero-order chi connectivity index (χ0) is 16.7. The van der Waals surface area contributed by atoms with Gasteiger partial charge in [0.1, 0.15) is 0 Å². The molecule has 0 amide bonds. The summed E-state index contributed by atoms with van der Waals surface area (Å²) in [6.45, 7) is 1.55. The van der Waals surface area contributed by atoms with Gasteiger partial charge in [0, 0.05) is 12.5 Å². The molecule has 2 aromatic heterocycles. The monoisotopic (exact) mass is 338 g/mol. The van der Waals surface area contributed by atoms with Gasteiger partial charge in [0.25, 0.3) is 5.88 Å². The van der Waals surface area contributed by atoms with E-state index in [9.17, 15) is 13.2 Å². The van der Waals surface area contributed by atoms with Gasteiger partial charge in [-0.1, -0.05) is 12.1 Å². The normalized spacial score (nSPS) is 18.5. The first kappa shape index (κ1) is 15.1. The third-order valence-corrected chi connectivity index (χ3v) is 3.93. The summed E-state index contributed by atoms with van der Waals surface area (Å²) in [6, 6.07) is 6.51. The van der Waals surface area contributed by atoms with E-state index >= 15 is 0 Å². The zero-order valence-corrected chi connectivity index (χ0v) is 12.5. The molecule has 0 saturated carbocycles. The van der Waals surface area contributed by atoms with Crippen LogP contribution >= 0.6 is 0 Å². The smallest absolute Gasteiger partial charge is 0.452 e. The number of hydrogen-bond donors (Lipinski definition) is 0. The molecule has 0 spiro atoms. The Morgan fingerprint density at radius 3 is 2.83 bits per heavy atom. The molecule has 3 aromatic rings. The summed E-state index contributed by atoms with van der Waals surface area (Å²) in [6.07, 6.45) is -3.77. The molecule has 0 aliphatic carbocycles. The predicted octanol–water partition coefficient (Wildman–Crippen LogP) is 2.71. The highest BCUT2D eigenvalue weighted by Crippen LogP contribution is 2.32. The molecule has 6 nitrogen and oxygen atoms in total. The summed E-state index contributed by atoms with van der Waals surface area (Å²) in [7, 11) is 0. The van der Waals surface area contributed by atoms with Gasteiger partial charge in [-0.2, -0.15) is 13.2 Å². The van der Waals surface area contributed by atoms with E-state index in [-0.39, 0.29) is 23.0 Å². The molecule has 1 aliphatic heterocycles. The SMILES string of the molecule is FC(F)(F)c1nnc2c(OCC3CCOC3)nc3ccccc3n12. The minimum absolute atomic E-state index is 0.0417. The fraction of sp³-hybridized carbons (Fsp3) is 0.400. The third-order valence-electron chi connectivity index (χ3n) is 3.93. The second-order valence-electron chi connectivity index (χ2n) is 5.63. The average Bonchev–Trinajstić information content (AvgIpc) is 3.21. The van der Waals surface area contributed by atoms with Crippen LogP contribution in [0.2, 0.25) is 0 Å². The molecule has 1 aromatic carbocycles. The zero-order valence-electron chi connectivity index (χ0n) is 12.5. The van der Waals surface area contributed by atoms with E-state index in [4.69, 9.17) is 9.47 Å². The van der Waals surface area contributed by atoms with Crippen molar-refractivity contribution in [2.24, 2.45) is 5.92 Å². The van der Waals surface area contributed by atoms with Crippen molar-refractivity contribution in [1.29, 1.82) is 0 Å². The Kier molecular flexibility index (Phi) is 3.52. The first-order valence-corrected chi connectivity index (χ1v) is 7.45. The largest absolute Gasteiger partial charge is 0.475 e. The average molecular weight is 338 g/mol. The van der Waals surface area contributed by atoms with E-state index in [2.05, 4.69) is 15.2 Å². The van der Waals surface area contributed by atoms with E-state index in [1.807, 2.05) is 0 Å². The van der Waals surface area contributed by atoms with E-state index in [1.165, 1.54) is 0 Å². The van der Waals surface area contributed by atoms with Crippen LogP contribution in [-0.2, 0) is 10.9 Å². The van der Waals surface area contributed by atoms with Gasteiger partial charge < -0.3 is 9.47 Å². The summed E-state index contributed by atoms with van der Waals surface area (Å²) in [5.74, 6) is -0.850. The standard InChI is InChI=1S/C15H13F3N4O2/c16-15(17,18)14-21-20-12-13(24-8-9-5-6-23-7-9)19-10-3-1-2-4-11(10)22(12)14/h1-4,9H,5-8H2. The lowest BCUT2D eigenvalue weighted by Crippen LogP contribution is -2.14. The number of benzene rings is 1. The lowest BCUT2D eigenvalue weighted by molar-refractivity contribution is -0.145. The Morgan fingerprint density at radius 2 is 2.08 bits per heavy atom. The first-order valence-electron chi connectivity index (χ1n) is 7.45. The summed E-state index contributed by atoms with van der Waals surface area (Å²) in [5, 5.41) is 6.96. The molecule has 0 N–H and O–H groups in total. The number of alkyl halides is 3. The Balaban J connectivity index is 1.84. The van der Waals surface area contributed by atoms with Gasteiger partial charge in [0.2, 0.25) is 11.5 Å². The van der Waals surface area contributed by atoms with Crippen molar-refractivity contribution in [2.45, 2.75) is 12.6 Å². The molecular weight excluding hydrogens is 325 g/mol. The Hall–Kier alpha value is -2.42. The maximum absolute atomic E-state index is 13.2. The highest BCUT2D eigenvalue weighted by Gasteiger charge is 2.38. The van der Waals surface area contributed by atoms with Crippen LogP contribution in [0.15, 0.2) is 24.3 Å². The van der Waals surface area contributed by atoms with Crippen molar-refractivity contribution < 1.29 is 22.6 Å². The molecule has 24 heavy (non-hydrogen) atoms. The number of hydrogen-bond acceptors (Lipinski definition) is 5. The van der Waals surface area contributed by atoms with Gasteiger partial charge in [-0.05, 0) is 18.6 Å². The number of aromatic nitrogens is 4. The fourth-order valence-electron chi connectivity index (χ4n) is 2.75. The van der Waals surface area contributed by atoms with Crippen LogP contribution in [0.4, 0.5) is 13.2 Å². The Labute approximate surface area is 134 Å². The molecule has 1 fully saturated rings. The summed E-state index contributed by atoms with van der Waals surface area (Å²) >= 11 is 0. The van der Waals surface area contributed by atoms with Crippen molar-refractivity contribution >= 4 is 16.7 Å². The minimum Gasteiger partial charge on any atom is -0.475 e. The van der Waals surface area contributed by atoms with Crippen LogP contribution in [0.25, 0.3) is 16.7 Å². The van der Waals surface area contributed by atoms with Gasteiger partial charge in [0.15, 0.2) is 0 Å². The molecule has 1 unspecified atom stereocenters. The van der Waals surface area contributed by atoms with Crippen LogP contribution in [0.1, 0.15) is 12.2 Å². The molecule has 1 atom stereocenters. The molecule has 1 saturated heterocycles. The Bertz CT molecular complexity index is 887. The second-order valence-corrected chi connectivity index (χ2v) is 5.63. The van der Waals surface area contributed by atoms with Crippen molar-refractivity contribution in [3.8, 4) is 5.88 Å². The number of para-hydroxylation sites is 2. The summed E-state index contributed by atoms with van der Waals surface area (Å²) in [5.41, 5.74) is 0.620. The number of rotatable bonds is 3. The fourth-order valence-corrected chi connectivity index (χ4v) is 2.75. The molecule has 0 radical (unpaired) electrons. The number of nitrogens with zero attached hydrogens (tertiary/aromatic N) is 4. The molecule has 1 aliphatic rings. The lowest BCUT2D eigenvalue weighted by Gasteiger charge is -2.12. The minimum atomic E-state index is -4.62. The van der Waals surface area contributed by atoms with Crippen LogP contribution in [0.3, 0.4) is 0 Å². The van der Waals surface area contributed by atoms with Crippen molar-refractivity contribution in [3.63, 3.8) is 0 Å². The van der Waals surface area contributed by atoms with E-state index in [0.717, 1.165) is 10.8 Å². The van der Waals surface area contributed by atoms with Crippen molar-refractivity contribution in [3.05, 3.63) is 30.1 Å². The van der Waals surface area contributed by atoms with E-state index in [0.29, 0.717) is 25.3 Å². The molecule has 126 valence electrons. The number of halogens is 3. The molecule has 0 bridgehead atoms. The van der Waals surface area contributed by atoms with E-state index < -0.39 is 12.0 Å². The first-order chi connectivity index (χ1) is 11.5. The van der Waals surface area contributed by atoms with E-state index in [1.54, 1.807) is 24.3 Å². The van der Waals surface area contributed by atoms with Gasteiger partial charge in [-0.3, -0.25) is 4.40 Å². The quantitative estimate of drug-likeness (QED) is 0.735. The van der Waals surface area contributed by atoms with Gasteiger partial charge >= 0.3 is 6.18 Å². The molecular formula is C15H13F3N4O2. The molecule has 9 heteroatoms. The second kappa shape index (κ2) is 5.59. The summed E-state index contributed by atoms with van der Waals surface area (Å²) in [4.78, 5) is 4.31. The van der Waals surface area contributed by atoms with Gasteiger partial charge in [0.05, 0.1) is 24.2 Å². The maximum atomic E-state index is 13.2. The Morgan fingerprint density at radius 1 is 1.25 bits per heavy atom. The van der Waals surface area contributed by atoms with Crippen molar-refractivity contribution in [2.75, 3.05) is 19.8 Å². The highest BCUT2D eigenvalue weighted by atomic mass is 19.4. The molecule has 4 rings (SSSR count). The van der Waals surface area contributed by atoms with Gasteiger partial charge in [-0.15, -0.1) is 10.2 Å². The number of ether oxygens (including phenoxy) is 2. The lowest BCUT2D eigenvalue weighted by atomic mass is 10.1. The topological polar surface area (TPSA) is 61.5 Å². The van der Waals surface area contributed by atoms with Crippen LogP contribution < -0.4 is 4.74 Å². The van der Waals surface area contributed by atoms with Crippen LogP contribution in [0, 0.1) is 5.92 Å². The summed E-state index contributed by atoms with van der Waals surface area (Å²) < 4.78 is 51.6.